The fourth-order valence-corrected chi connectivity index (χ4v) is 6.11. The monoisotopic (exact) mass is 553 g/mol. The largest absolute Gasteiger partial charge is 0.497 e. The van der Waals surface area contributed by atoms with Crippen LogP contribution in [-0.4, -0.2) is 80.1 Å². The normalized spacial score (nSPS) is 16.3. The summed E-state index contributed by atoms with van der Waals surface area (Å²) in [6.07, 6.45) is 2.67. The summed E-state index contributed by atoms with van der Waals surface area (Å²) in [5.41, 5.74) is 1.43. The highest BCUT2D eigenvalue weighted by molar-refractivity contribution is 7.89. The lowest BCUT2D eigenvalue weighted by atomic mass is 10.1. The molecule has 2 fully saturated rings. The number of hydrogen-bond donors (Lipinski definition) is 0. The number of sulfonamides is 1. The topological polar surface area (TPSA) is 95.9 Å². The van der Waals surface area contributed by atoms with Gasteiger partial charge in [-0.25, -0.2) is 12.8 Å². The lowest BCUT2D eigenvalue weighted by Crippen LogP contribution is -2.44. The van der Waals surface area contributed by atoms with Gasteiger partial charge in [-0.2, -0.15) is 4.31 Å². The van der Waals surface area contributed by atoms with Crippen LogP contribution in [0.3, 0.4) is 0 Å². The van der Waals surface area contributed by atoms with E-state index in [1.54, 1.807) is 29.2 Å². The van der Waals surface area contributed by atoms with Crippen molar-refractivity contribution in [2.45, 2.75) is 24.2 Å². The van der Waals surface area contributed by atoms with E-state index >= 15 is 0 Å². The number of anilines is 1. The maximum absolute atomic E-state index is 13.4. The van der Waals surface area contributed by atoms with E-state index in [-0.39, 0.29) is 23.2 Å². The molecule has 2 heterocycles. The fourth-order valence-electron chi connectivity index (χ4n) is 4.65. The molecule has 1 aromatic heterocycles. The lowest BCUT2D eigenvalue weighted by molar-refractivity contribution is -0.131. The number of aromatic nitrogens is 2. The van der Waals surface area contributed by atoms with Crippen LogP contribution in [0.2, 0.25) is 0 Å². The zero-order chi connectivity index (χ0) is 27.4. The molecule has 0 unspecified atom stereocenters. The van der Waals surface area contributed by atoms with Gasteiger partial charge in [0, 0.05) is 38.3 Å². The maximum atomic E-state index is 13.4. The summed E-state index contributed by atoms with van der Waals surface area (Å²) in [5.74, 6) is 1.06. The number of nitrogens with zero attached hydrogens (tertiary/aromatic N) is 5. The third-order valence-corrected chi connectivity index (χ3v) is 8.96. The number of carbonyl (C=O) groups excluding carboxylic acids is 1. The highest BCUT2D eigenvalue weighted by atomic mass is 32.2. The van der Waals surface area contributed by atoms with E-state index in [9.17, 15) is 17.6 Å². The van der Waals surface area contributed by atoms with Crippen LogP contribution in [0.15, 0.2) is 65.6 Å². The fraction of sp³-hybridized carbons (Fsp3) is 0.393. The quantitative estimate of drug-likeness (QED) is 0.401. The third-order valence-electron chi connectivity index (χ3n) is 7.13. The predicted molar refractivity (Wildman–Crippen MR) is 145 cm³/mol. The summed E-state index contributed by atoms with van der Waals surface area (Å²) in [7, 11) is -2.30. The van der Waals surface area contributed by atoms with Crippen molar-refractivity contribution in [1.82, 2.24) is 19.4 Å². The molecule has 0 atom stereocenters. The van der Waals surface area contributed by atoms with Gasteiger partial charge < -0.3 is 14.5 Å². The Morgan fingerprint density at radius 1 is 0.974 bits per heavy atom. The van der Waals surface area contributed by atoms with Crippen molar-refractivity contribution >= 4 is 21.7 Å². The van der Waals surface area contributed by atoms with Crippen LogP contribution in [0.25, 0.3) is 11.3 Å². The summed E-state index contributed by atoms with van der Waals surface area (Å²) in [5, 5.41) is 8.66. The van der Waals surface area contributed by atoms with Crippen molar-refractivity contribution in [3.63, 3.8) is 0 Å². The molecule has 1 amide bonds. The van der Waals surface area contributed by atoms with Crippen molar-refractivity contribution in [3.8, 4) is 17.0 Å². The number of halogens is 1. The van der Waals surface area contributed by atoms with E-state index in [1.165, 1.54) is 35.7 Å². The van der Waals surface area contributed by atoms with E-state index < -0.39 is 10.0 Å². The molecular formula is C28H32FN5O4S. The summed E-state index contributed by atoms with van der Waals surface area (Å²) >= 11 is 0. The van der Waals surface area contributed by atoms with E-state index in [2.05, 4.69) is 15.1 Å². The van der Waals surface area contributed by atoms with Crippen LogP contribution in [0, 0.1) is 11.7 Å². The van der Waals surface area contributed by atoms with Gasteiger partial charge in [-0.3, -0.25) is 4.79 Å². The second-order valence-electron chi connectivity index (χ2n) is 9.92. The highest BCUT2D eigenvalue weighted by Gasteiger charge is 2.34. The average Bonchev–Trinajstić information content (AvgIpc) is 3.80. The number of amides is 1. The van der Waals surface area contributed by atoms with Crippen LogP contribution < -0.4 is 9.64 Å². The third kappa shape index (κ3) is 6.54. The van der Waals surface area contributed by atoms with Crippen LogP contribution in [0.5, 0.6) is 5.75 Å². The molecule has 206 valence electrons. The molecule has 0 radical (unpaired) electrons. The van der Waals surface area contributed by atoms with Crippen molar-refractivity contribution in [2.75, 3.05) is 51.3 Å². The predicted octanol–water partition coefficient (Wildman–Crippen LogP) is 3.43. The first kappa shape index (κ1) is 27.0. The van der Waals surface area contributed by atoms with Crippen molar-refractivity contribution in [3.05, 3.63) is 66.5 Å². The molecule has 1 saturated heterocycles. The molecule has 0 N–H and O–H groups in total. The number of methoxy groups -OCH3 is 1. The lowest BCUT2D eigenvalue weighted by Gasteiger charge is -2.27. The molecule has 0 bridgehead atoms. The second-order valence-corrected chi connectivity index (χ2v) is 11.9. The number of ether oxygens (including phenoxy) is 1. The van der Waals surface area contributed by atoms with E-state index in [0.717, 1.165) is 24.8 Å². The van der Waals surface area contributed by atoms with Gasteiger partial charge in [-0.1, -0.05) is 0 Å². The van der Waals surface area contributed by atoms with Gasteiger partial charge in [0.05, 0.1) is 24.2 Å². The Morgan fingerprint density at radius 2 is 1.72 bits per heavy atom. The zero-order valence-corrected chi connectivity index (χ0v) is 22.7. The first-order chi connectivity index (χ1) is 18.8. The number of rotatable bonds is 9. The van der Waals surface area contributed by atoms with E-state index in [1.807, 2.05) is 12.1 Å². The second kappa shape index (κ2) is 11.7. The Labute approximate surface area is 228 Å². The summed E-state index contributed by atoms with van der Waals surface area (Å²) < 4.78 is 46.6. The molecule has 3 aromatic rings. The Morgan fingerprint density at radius 3 is 2.36 bits per heavy atom. The van der Waals surface area contributed by atoms with Crippen LogP contribution in [0.1, 0.15) is 19.3 Å². The minimum atomic E-state index is -3.83. The van der Waals surface area contributed by atoms with Gasteiger partial charge in [-0.05, 0) is 85.8 Å². The first-order valence-electron chi connectivity index (χ1n) is 13.1. The van der Waals surface area contributed by atoms with Crippen LogP contribution in [0.4, 0.5) is 10.2 Å². The molecular weight excluding hydrogens is 521 g/mol. The van der Waals surface area contributed by atoms with Crippen molar-refractivity contribution in [1.29, 1.82) is 0 Å². The van der Waals surface area contributed by atoms with Crippen molar-refractivity contribution < 1.29 is 22.3 Å². The van der Waals surface area contributed by atoms with Crippen LogP contribution >= 0.6 is 0 Å². The van der Waals surface area contributed by atoms with Crippen molar-refractivity contribution in [2.24, 2.45) is 5.92 Å². The SMILES string of the molecule is COc1ccc(S(=O)(=O)N(CC(=O)N2CCCN(c3ccc(-c4ccc(F)cc4)nn3)CC2)CC2CC2)cc1. The van der Waals surface area contributed by atoms with E-state index in [0.29, 0.717) is 55.9 Å². The van der Waals surface area contributed by atoms with Crippen LogP contribution in [-0.2, 0) is 14.8 Å². The molecule has 11 heteroatoms. The summed E-state index contributed by atoms with van der Waals surface area (Å²) in [6.45, 7) is 2.41. The smallest absolute Gasteiger partial charge is 0.243 e. The van der Waals surface area contributed by atoms with Gasteiger partial charge in [0.15, 0.2) is 5.82 Å². The summed E-state index contributed by atoms with van der Waals surface area (Å²) in [6, 6.07) is 16.1. The Kier molecular flexibility index (Phi) is 8.08. The Balaban J connectivity index is 1.23. The Hall–Kier alpha value is -3.57. The number of benzene rings is 2. The van der Waals surface area contributed by atoms with Gasteiger partial charge in [0.25, 0.3) is 0 Å². The molecule has 39 heavy (non-hydrogen) atoms. The van der Waals surface area contributed by atoms with Gasteiger partial charge in [0.1, 0.15) is 11.6 Å². The molecule has 1 saturated carbocycles. The molecule has 1 aliphatic heterocycles. The molecule has 5 rings (SSSR count). The van der Waals surface area contributed by atoms with Gasteiger partial charge in [0.2, 0.25) is 15.9 Å². The molecule has 9 nitrogen and oxygen atoms in total. The first-order valence-corrected chi connectivity index (χ1v) is 14.5. The standard InChI is InChI=1S/C28H32FN5O4S/c1-38-24-9-11-25(12-10-24)39(36,37)34(19-21-3-4-21)20-28(35)33-16-2-15-32(17-18-33)27-14-13-26(30-31-27)22-5-7-23(29)8-6-22/h5-14,21H,2-4,15-20H2,1H3. The molecule has 0 spiro atoms. The number of hydrogen-bond acceptors (Lipinski definition) is 7. The average molecular weight is 554 g/mol. The number of carbonyl (C=O) groups is 1. The maximum Gasteiger partial charge on any atom is 0.243 e. The van der Waals surface area contributed by atoms with Gasteiger partial charge >= 0.3 is 0 Å². The van der Waals surface area contributed by atoms with Gasteiger partial charge in [-0.15, -0.1) is 10.2 Å². The zero-order valence-electron chi connectivity index (χ0n) is 21.9. The minimum absolute atomic E-state index is 0.154. The Bertz CT molecular complexity index is 1380. The van der Waals surface area contributed by atoms with E-state index in [4.69, 9.17) is 4.74 Å². The molecule has 2 aliphatic rings. The highest BCUT2D eigenvalue weighted by Crippen LogP contribution is 2.32. The summed E-state index contributed by atoms with van der Waals surface area (Å²) in [4.78, 5) is 17.3. The molecule has 1 aliphatic carbocycles. The molecule has 2 aromatic carbocycles. The minimum Gasteiger partial charge on any atom is -0.497 e.